The van der Waals surface area contributed by atoms with Crippen molar-refractivity contribution in [3.63, 3.8) is 0 Å². The molecule has 2 amide bonds. The Balaban J connectivity index is 1.61. The second-order valence-electron chi connectivity index (χ2n) is 8.91. The van der Waals surface area contributed by atoms with Crippen LogP contribution in [0, 0.1) is 5.41 Å². The van der Waals surface area contributed by atoms with Crippen LogP contribution in [0.2, 0.25) is 0 Å². The largest absolute Gasteiger partial charge is 0.338 e. The Morgan fingerprint density at radius 3 is 2.33 bits per heavy atom. The maximum atomic E-state index is 13.1. The highest BCUT2D eigenvalue weighted by Gasteiger charge is 2.37. The van der Waals surface area contributed by atoms with Gasteiger partial charge in [-0.05, 0) is 12.5 Å². The van der Waals surface area contributed by atoms with Crippen LogP contribution in [-0.4, -0.2) is 70.3 Å². The number of allylic oxidation sites excluding steroid dienone is 1. The molecule has 0 unspecified atom stereocenters. The number of piperazine rings is 1. The summed E-state index contributed by atoms with van der Waals surface area (Å²) in [5.74, 6) is 0.0563. The molecule has 2 aliphatic rings. The van der Waals surface area contributed by atoms with Gasteiger partial charge in [0.05, 0.1) is 10.8 Å². The number of thioether (sulfide) groups is 1. The second kappa shape index (κ2) is 9.35. The van der Waals surface area contributed by atoms with Crippen molar-refractivity contribution >= 4 is 29.4 Å². The molecule has 0 N–H and O–H groups in total. The van der Waals surface area contributed by atoms with E-state index in [1.807, 2.05) is 43.9 Å². The van der Waals surface area contributed by atoms with Crippen molar-refractivity contribution in [1.29, 1.82) is 0 Å². The van der Waals surface area contributed by atoms with Gasteiger partial charge in [0.25, 0.3) is 0 Å². The van der Waals surface area contributed by atoms with Gasteiger partial charge in [0.15, 0.2) is 5.78 Å². The van der Waals surface area contributed by atoms with Crippen LogP contribution in [0.3, 0.4) is 0 Å². The Hall–Kier alpha value is -2.12. The second-order valence-corrected chi connectivity index (χ2v) is 9.91. The van der Waals surface area contributed by atoms with Gasteiger partial charge in [0, 0.05) is 44.2 Å². The summed E-state index contributed by atoms with van der Waals surface area (Å²) in [7, 11) is 0. The van der Waals surface area contributed by atoms with Crippen molar-refractivity contribution in [1.82, 2.24) is 14.7 Å². The van der Waals surface area contributed by atoms with E-state index in [9.17, 15) is 14.4 Å². The van der Waals surface area contributed by atoms with Gasteiger partial charge in [0.2, 0.25) is 11.8 Å². The van der Waals surface area contributed by atoms with E-state index in [-0.39, 0.29) is 23.4 Å². The van der Waals surface area contributed by atoms with E-state index in [1.54, 1.807) is 6.92 Å². The summed E-state index contributed by atoms with van der Waals surface area (Å²) in [5.41, 5.74) is 0.747. The molecule has 30 heavy (non-hydrogen) atoms. The topological polar surface area (TPSA) is 60.9 Å². The number of nitrogens with zero attached hydrogens (tertiary/aromatic N) is 3. The highest BCUT2D eigenvalue weighted by Crippen LogP contribution is 2.32. The Kier molecular flexibility index (Phi) is 7.03. The average Bonchev–Trinajstić information content (AvgIpc) is 3.07. The van der Waals surface area contributed by atoms with E-state index in [2.05, 4.69) is 17.0 Å². The van der Waals surface area contributed by atoms with Gasteiger partial charge >= 0.3 is 0 Å². The van der Waals surface area contributed by atoms with Crippen molar-refractivity contribution < 1.29 is 14.4 Å². The van der Waals surface area contributed by atoms with Crippen LogP contribution in [-0.2, 0) is 20.9 Å². The summed E-state index contributed by atoms with van der Waals surface area (Å²) < 4.78 is 0. The Bertz CT molecular complexity index is 824. The molecule has 0 saturated carbocycles. The summed E-state index contributed by atoms with van der Waals surface area (Å²) in [6, 6.07) is 9.71. The molecular formula is C23H31N3O3S. The standard InChI is InChI=1S/C23H31N3O3S/c1-17(26-20(28)16-30-21(26)14-19(27)23(2,3)4)22(29)25-12-10-24(11-13-25)15-18-8-6-5-7-9-18/h5-9,14,17H,10-13,15-16H2,1-4H3/b21-14-/t17-/m1/s1. The molecule has 1 aromatic rings. The molecule has 2 aliphatic heterocycles. The highest BCUT2D eigenvalue weighted by atomic mass is 32.2. The molecule has 0 radical (unpaired) electrons. The molecule has 6 nitrogen and oxygen atoms in total. The van der Waals surface area contributed by atoms with Gasteiger partial charge in [0.1, 0.15) is 6.04 Å². The zero-order valence-electron chi connectivity index (χ0n) is 18.3. The zero-order chi connectivity index (χ0) is 21.9. The number of hydrogen-bond acceptors (Lipinski definition) is 5. The fraction of sp³-hybridized carbons (Fsp3) is 0.522. The summed E-state index contributed by atoms with van der Waals surface area (Å²) >= 11 is 1.33. The third-order valence-corrected chi connectivity index (χ3v) is 6.52. The lowest BCUT2D eigenvalue weighted by atomic mass is 9.91. The van der Waals surface area contributed by atoms with Crippen molar-refractivity contribution in [2.75, 3.05) is 31.9 Å². The molecule has 2 fully saturated rings. The summed E-state index contributed by atoms with van der Waals surface area (Å²) in [4.78, 5) is 43.7. The van der Waals surface area contributed by atoms with Crippen molar-refractivity contribution in [3.8, 4) is 0 Å². The maximum Gasteiger partial charge on any atom is 0.245 e. The Morgan fingerprint density at radius 1 is 1.10 bits per heavy atom. The SMILES string of the molecule is C[C@H](C(=O)N1CCN(Cc2ccccc2)CC1)N1C(=O)CS/C1=C\C(=O)C(C)(C)C. The van der Waals surface area contributed by atoms with Crippen LogP contribution >= 0.6 is 11.8 Å². The van der Waals surface area contributed by atoms with Crippen LogP contribution in [0.4, 0.5) is 0 Å². The van der Waals surface area contributed by atoms with E-state index in [0.29, 0.717) is 18.1 Å². The number of carbonyl (C=O) groups is 3. The lowest BCUT2D eigenvalue weighted by Crippen LogP contribution is -2.54. The maximum absolute atomic E-state index is 13.1. The van der Waals surface area contributed by atoms with Crippen LogP contribution in [0.1, 0.15) is 33.3 Å². The molecule has 7 heteroatoms. The molecule has 3 rings (SSSR count). The molecule has 1 atom stereocenters. The third kappa shape index (κ3) is 5.32. The van der Waals surface area contributed by atoms with Crippen molar-refractivity contribution in [2.24, 2.45) is 5.41 Å². The van der Waals surface area contributed by atoms with Crippen molar-refractivity contribution in [3.05, 3.63) is 47.0 Å². The minimum atomic E-state index is -0.604. The Labute approximate surface area is 183 Å². The van der Waals surface area contributed by atoms with E-state index in [4.69, 9.17) is 0 Å². The average molecular weight is 430 g/mol. The normalized spacial score (nSPS) is 20.7. The molecule has 0 aliphatic carbocycles. The number of carbonyl (C=O) groups excluding carboxylic acids is 3. The Morgan fingerprint density at radius 2 is 1.73 bits per heavy atom. The zero-order valence-corrected chi connectivity index (χ0v) is 19.1. The highest BCUT2D eigenvalue weighted by molar-refractivity contribution is 8.04. The van der Waals surface area contributed by atoms with Crippen LogP contribution in [0.25, 0.3) is 0 Å². The number of hydrogen-bond donors (Lipinski definition) is 0. The van der Waals surface area contributed by atoms with Gasteiger partial charge in [-0.3, -0.25) is 24.2 Å². The lowest BCUT2D eigenvalue weighted by molar-refractivity contribution is -0.142. The fourth-order valence-electron chi connectivity index (χ4n) is 3.59. The smallest absolute Gasteiger partial charge is 0.245 e. The van der Waals surface area contributed by atoms with Gasteiger partial charge in [-0.2, -0.15) is 0 Å². The van der Waals surface area contributed by atoms with Crippen molar-refractivity contribution in [2.45, 2.75) is 40.3 Å². The van der Waals surface area contributed by atoms with Crippen LogP contribution in [0.15, 0.2) is 41.4 Å². The van der Waals surface area contributed by atoms with E-state index >= 15 is 0 Å². The minimum absolute atomic E-state index is 0.0427. The minimum Gasteiger partial charge on any atom is -0.338 e. The predicted octanol–water partition coefficient (Wildman–Crippen LogP) is 2.75. The first kappa shape index (κ1) is 22.6. The van der Waals surface area contributed by atoms with E-state index in [0.717, 1.165) is 19.6 Å². The fourth-order valence-corrected chi connectivity index (χ4v) is 4.59. The number of rotatable bonds is 5. The lowest BCUT2D eigenvalue weighted by Gasteiger charge is -2.37. The molecule has 0 spiro atoms. The quantitative estimate of drug-likeness (QED) is 0.674. The van der Waals surface area contributed by atoms with Gasteiger partial charge in [-0.15, -0.1) is 0 Å². The van der Waals surface area contributed by atoms with Gasteiger partial charge < -0.3 is 4.90 Å². The third-order valence-electron chi connectivity index (χ3n) is 5.52. The first-order valence-corrected chi connectivity index (χ1v) is 11.4. The number of ketones is 1. The van der Waals surface area contributed by atoms with Crippen LogP contribution in [0.5, 0.6) is 0 Å². The summed E-state index contributed by atoms with van der Waals surface area (Å²) in [6.45, 7) is 11.1. The van der Waals surface area contributed by atoms with Gasteiger partial charge in [-0.25, -0.2) is 0 Å². The van der Waals surface area contributed by atoms with Crippen LogP contribution < -0.4 is 0 Å². The molecule has 1 aromatic carbocycles. The molecular weight excluding hydrogens is 398 g/mol. The molecule has 0 bridgehead atoms. The van der Waals surface area contributed by atoms with E-state index in [1.165, 1.54) is 28.3 Å². The predicted molar refractivity (Wildman–Crippen MR) is 120 cm³/mol. The van der Waals surface area contributed by atoms with E-state index < -0.39 is 11.5 Å². The molecule has 2 heterocycles. The summed E-state index contributed by atoms with van der Waals surface area (Å²) in [6.07, 6.45) is 1.52. The first-order valence-electron chi connectivity index (χ1n) is 10.4. The first-order chi connectivity index (χ1) is 14.2. The van der Waals surface area contributed by atoms with Gasteiger partial charge in [-0.1, -0.05) is 62.9 Å². The molecule has 162 valence electrons. The molecule has 2 saturated heterocycles. The summed E-state index contributed by atoms with van der Waals surface area (Å²) in [5, 5.41) is 0.587. The number of amides is 2. The monoisotopic (exact) mass is 429 g/mol. The number of benzene rings is 1. The molecule has 0 aromatic heterocycles.